The molecule has 2 saturated heterocycles. The number of hydrogen-bond acceptors (Lipinski definition) is 5. The van der Waals surface area contributed by atoms with E-state index in [-0.39, 0.29) is 28.7 Å². The van der Waals surface area contributed by atoms with Gasteiger partial charge in [-0.2, -0.15) is 4.99 Å². The van der Waals surface area contributed by atoms with Crippen LogP contribution in [0.5, 0.6) is 5.75 Å². The zero-order valence-electron chi connectivity index (χ0n) is 16.7. The van der Waals surface area contributed by atoms with E-state index in [1.165, 1.54) is 31.0 Å². The van der Waals surface area contributed by atoms with Gasteiger partial charge < -0.3 is 9.64 Å². The third-order valence-electron chi connectivity index (χ3n) is 6.07. The van der Waals surface area contributed by atoms with Crippen molar-refractivity contribution in [2.24, 2.45) is 10.9 Å². The Balaban J connectivity index is 1.53. The lowest BCUT2D eigenvalue weighted by atomic mass is 9.87. The van der Waals surface area contributed by atoms with Gasteiger partial charge >= 0.3 is 0 Å². The number of nitrogens with zero attached hydrogens (tertiary/aromatic N) is 2. The predicted octanol–water partition coefficient (Wildman–Crippen LogP) is 3.26. The zero-order chi connectivity index (χ0) is 20.4. The number of amidine groups is 1. The minimum Gasteiger partial charge on any atom is -0.497 e. The van der Waals surface area contributed by atoms with Gasteiger partial charge in [-0.25, -0.2) is 8.42 Å². The molecule has 1 amide bonds. The summed E-state index contributed by atoms with van der Waals surface area (Å²) in [5, 5.41) is 0.630. The molecule has 0 spiro atoms. The van der Waals surface area contributed by atoms with Crippen molar-refractivity contribution in [2.75, 3.05) is 18.6 Å². The third-order valence-corrected chi connectivity index (χ3v) is 9.32. The van der Waals surface area contributed by atoms with Crippen molar-refractivity contribution in [3.05, 3.63) is 29.8 Å². The highest BCUT2D eigenvalue weighted by atomic mass is 32.2. The van der Waals surface area contributed by atoms with Crippen LogP contribution in [0.15, 0.2) is 29.3 Å². The lowest BCUT2D eigenvalue weighted by Crippen LogP contribution is -2.37. The molecule has 1 aromatic carbocycles. The number of ether oxygens (including phenoxy) is 1. The van der Waals surface area contributed by atoms with Crippen molar-refractivity contribution in [3.63, 3.8) is 0 Å². The van der Waals surface area contributed by atoms with E-state index in [1.54, 1.807) is 7.11 Å². The molecule has 2 heterocycles. The average molecular weight is 437 g/mol. The third kappa shape index (κ3) is 4.97. The van der Waals surface area contributed by atoms with E-state index in [9.17, 15) is 13.2 Å². The number of thioether (sulfide) groups is 1. The second kappa shape index (κ2) is 8.68. The Morgan fingerprint density at radius 2 is 2.03 bits per heavy atom. The molecule has 158 valence electrons. The number of amides is 1. The number of methoxy groups -OCH3 is 1. The Morgan fingerprint density at radius 1 is 1.24 bits per heavy atom. The standard InChI is InChI=1S/C21H28N2O4S2/c1-27-17-9-5-8-16(10-17)12-23-18-13-29(25,26)14-19(18)28-21(23)22-20(24)11-15-6-3-2-4-7-15/h5,8-10,15,18-19H,2-4,6-7,11-14H2,1H3. The summed E-state index contributed by atoms with van der Waals surface area (Å²) in [6.07, 6.45) is 6.40. The summed E-state index contributed by atoms with van der Waals surface area (Å²) in [6.45, 7) is 0.524. The lowest BCUT2D eigenvalue weighted by Gasteiger charge is -2.25. The van der Waals surface area contributed by atoms with E-state index in [4.69, 9.17) is 4.74 Å². The van der Waals surface area contributed by atoms with E-state index in [0.29, 0.717) is 24.1 Å². The van der Waals surface area contributed by atoms with Gasteiger partial charge in [0.15, 0.2) is 15.0 Å². The fourth-order valence-electron chi connectivity index (χ4n) is 4.58. The van der Waals surface area contributed by atoms with E-state index in [1.807, 2.05) is 29.2 Å². The van der Waals surface area contributed by atoms with Crippen LogP contribution < -0.4 is 4.74 Å². The fraction of sp³-hybridized carbons (Fsp3) is 0.619. The number of fused-ring (bicyclic) bond motifs is 1. The number of carbonyl (C=O) groups is 1. The van der Waals surface area contributed by atoms with Crippen molar-refractivity contribution in [2.45, 2.75) is 56.4 Å². The van der Waals surface area contributed by atoms with Gasteiger partial charge in [0.05, 0.1) is 24.7 Å². The zero-order valence-corrected chi connectivity index (χ0v) is 18.4. The minimum absolute atomic E-state index is 0.0492. The van der Waals surface area contributed by atoms with Gasteiger partial charge in [-0.1, -0.05) is 43.2 Å². The first-order valence-corrected chi connectivity index (χ1v) is 13.0. The largest absolute Gasteiger partial charge is 0.497 e. The molecule has 1 aliphatic carbocycles. The maximum absolute atomic E-state index is 12.6. The maximum Gasteiger partial charge on any atom is 0.248 e. The first kappa shape index (κ1) is 20.7. The van der Waals surface area contributed by atoms with Gasteiger partial charge in [-0.15, -0.1) is 0 Å². The molecule has 2 atom stereocenters. The smallest absolute Gasteiger partial charge is 0.248 e. The Bertz CT molecular complexity index is 894. The van der Waals surface area contributed by atoms with Gasteiger partial charge in [0, 0.05) is 18.2 Å². The number of rotatable bonds is 5. The molecular formula is C21H28N2O4S2. The fourth-order valence-corrected chi connectivity index (χ4v) is 8.55. The van der Waals surface area contributed by atoms with Crippen LogP contribution >= 0.6 is 11.8 Å². The monoisotopic (exact) mass is 436 g/mol. The van der Waals surface area contributed by atoms with Crippen LogP contribution in [0.3, 0.4) is 0 Å². The molecular weight excluding hydrogens is 408 g/mol. The second-order valence-corrected chi connectivity index (χ2v) is 11.6. The van der Waals surface area contributed by atoms with Gasteiger partial charge in [0.1, 0.15) is 5.75 Å². The first-order chi connectivity index (χ1) is 13.9. The van der Waals surface area contributed by atoms with Gasteiger partial charge in [-0.3, -0.25) is 4.79 Å². The maximum atomic E-state index is 12.6. The molecule has 3 fully saturated rings. The summed E-state index contributed by atoms with van der Waals surface area (Å²) in [7, 11) is -1.42. The van der Waals surface area contributed by atoms with Crippen molar-refractivity contribution in [1.82, 2.24) is 4.90 Å². The SMILES string of the molecule is COc1cccc(CN2C(=NC(=O)CC3CCCCC3)SC3CS(=O)(=O)CC32)c1. The molecule has 0 radical (unpaired) electrons. The van der Waals surface area contributed by atoms with E-state index in [0.717, 1.165) is 24.2 Å². The topological polar surface area (TPSA) is 76.0 Å². The molecule has 2 unspecified atom stereocenters. The summed E-state index contributed by atoms with van der Waals surface area (Å²) < 4.78 is 29.6. The highest BCUT2D eigenvalue weighted by molar-refractivity contribution is 8.15. The molecule has 0 bridgehead atoms. The Morgan fingerprint density at radius 3 is 2.79 bits per heavy atom. The summed E-state index contributed by atoms with van der Waals surface area (Å²) in [6, 6.07) is 7.62. The first-order valence-electron chi connectivity index (χ1n) is 10.3. The molecule has 0 aromatic heterocycles. The summed E-state index contributed by atoms with van der Waals surface area (Å²) in [5.41, 5.74) is 1.02. The Hall–Kier alpha value is -1.54. The quantitative estimate of drug-likeness (QED) is 0.705. The molecule has 29 heavy (non-hydrogen) atoms. The van der Waals surface area contributed by atoms with Crippen LogP contribution in [0.4, 0.5) is 0 Å². The van der Waals surface area contributed by atoms with Gasteiger partial charge in [0.2, 0.25) is 5.91 Å². The van der Waals surface area contributed by atoms with Crippen molar-refractivity contribution in [3.8, 4) is 5.75 Å². The molecule has 6 nitrogen and oxygen atoms in total. The van der Waals surface area contributed by atoms with Crippen LogP contribution in [0.25, 0.3) is 0 Å². The molecule has 8 heteroatoms. The van der Waals surface area contributed by atoms with Crippen molar-refractivity contribution in [1.29, 1.82) is 0 Å². The van der Waals surface area contributed by atoms with E-state index in [2.05, 4.69) is 4.99 Å². The normalized spacial score (nSPS) is 27.9. The second-order valence-electron chi connectivity index (χ2n) is 8.28. The van der Waals surface area contributed by atoms with Crippen LogP contribution in [0, 0.1) is 5.92 Å². The van der Waals surface area contributed by atoms with Gasteiger partial charge in [0.25, 0.3) is 0 Å². The highest BCUT2D eigenvalue weighted by Gasteiger charge is 2.48. The molecule has 1 saturated carbocycles. The number of aliphatic imine (C=N–C) groups is 1. The summed E-state index contributed by atoms with van der Waals surface area (Å²) in [5.74, 6) is 1.42. The summed E-state index contributed by atoms with van der Waals surface area (Å²) >= 11 is 1.46. The number of hydrogen-bond donors (Lipinski definition) is 0. The number of carbonyl (C=O) groups excluding carboxylic acids is 1. The molecule has 1 aromatic rings. The van der Waals surface area contributed by atoms with E-state index < -0.39 is 9.84 Å². The molecule has 4 rings (SSSR count). The molecule has 0 N–H and O–H groups in total. The van der Waals surface area contributed by atoms with Crippen LogP contribution in [0.1, 0.15) is 44.1 Å². The number of sulfone groups is 1. The van der Waals surface area contributed by atoms with Crippen molar-refractivity contribution >= 4 is 32.7 Å². The Labute approximate surface area is 177 Å². The van der Waals surface area contributed by atoms with Crippen LogP contribution in [0.2, 0.25) is 0 Å². The highest BCUT2D eigenvalue weighted by Crippen LogP contribution is 2.39. The lowest BCUT2D eigenvalue weighted by molar-refractivity contribution is -0.118. The summed E-state index contributed by atoms with van der Waals surface area (Å²) in [4.78, 5) is 19.1. The predicted molar refractivity (Wildman–Crippen MR) is 116 cm³/mol. The van der Waals surface area contributed by atoms with Gasteiger partial charge in [-0.05, 0) is 36.5 Å². The van der Waals surface area contributed by atoms with Crippen LogP contribution in [-0.4, -0.2) is 54.3 Å². The molecule has 2 aliphatic heterocycles. The Kier molecular flexibility index (Phi) is 6.20. The van der Waals surface area contributed by atoms with Crippen molar-refractivity contribution < 1.29 is 17.9 Å². The number of benzene rings is 1. The molecule has 3 aliphatic rings. The van der Waals surface area contributed by atoms with Crippen LogP contribution in [-0.2, 0) is 21.2 Å². The average Bonchev–Trinajstić information content (AvgIpc) is 3.15. The van der Waals surface area contributed by atoms with E-state index >= 15 is 0 Å². The minimum atomic E-state index is -3.05.